The van der Waals surface area contributed by atoms with Crippen LogP contribution in [0.1, 0.15) is 18.5 Å². The normalized spacial score (nSPS) is 16.0. The molecule has 0 spiro atoms. The number of fused-ring (bicyclic) bond motifs is 1. The van der Waals surface area contributed by atoms with Gasteiger partial charge in [-0.3, -0.25) is 9.36 Å². The Bertz CT molecular complexity index is 738. The Morgan fingerprint density at radius 3 is 2.67 bits per heavy atom. The molecule has 0 aromatic carbocycles. The first-order valence-electron chi connectivity index (χ1n) is 7.22. The number of pyridine rings is 2. The molecule has 1 fully saturated rings. The topological polar surface area (TPSA) is 61.9 Å². The highest BCUT2D eigenvalue weighted by Gasteiger charge is 2.11. The van der Waals surface area contributed by atoms with Crippen LogP contribution in [-0.2, 0) is 6.54 Å². The van der Waals surface area contributed by atoms with Crippen LogP contribution in [0.3, 0.4) is 0 Å². The van der Waals surface area contributed by atoms with E-state index >= 15 is 0 Å². The molecule has 0 bridgehead atoms. The second-order valence-corrected chi connectivity index (χ2v) is 5.25. The Labute approximate surface area is 123 Å². The van der Waals surface area contributed by atoms with E-state index in [1.807, 2.05) is 12.1 Å². The van der Waals surface area contributed by atoms with Gasteiger partial charge in [0.15, 0.2) is 0 Å². The van der Waals surface area contributed by atoms with Crippen LogP contribution in [-0.4, -0.2) is 34.1 Å². The van der Waals surface area contributed by atoms with Crippen molar-refractivity contribution in [3.8, 4) is 6.07 Å². The third-order valence-electron chi connectivity index (χ3n) is 3.89. The van der Waals surface area contributed by atoms with Gasteiger partial charge in [0.05, 0.1) is 0 Å². The van der Waals surface area contributed by atoms with Crippen LogP contribution in [0.15, 0.2) is 29.1 Å². The predicted molar refractivity (Wildman–Crippen MR) is 80.7 cm³/mol. The fourth-order valence-corrected chi connectivity index (χ4v) is 2.71. The van der Waals surface area contributed by atoms with Gasteiger partial charge in [-0.25, -0.2) is 4.98 Å². The van der Waals surface area contributed by atoms with E-state index in [-0.39, 0.29) is 5.56 Å². The Morgan fingerprint density at radius 2 is 1.90 bits per heavy atom. The third kappa shape index (κ3) is 2.96. The van der Waals surface area contributed by atoms with E-state index in [9.17, 15) is 4.79 Å². The quantitative estimate of drug-likeness (QED) is 0.856. The number of aromatic nitrogens is 2. The van der Waals surface area contributed by atoms with Gasteiger partial charge in [-0.05, 0) is 50.6 Å². The van der Waals surface area contributed by atoms with Crippen LogP contribution in [0.4, 0.5) is 0 Å². The predicted octanol–water partition coefficient (Wildman–Crippen LogP) is 1.57. The number of rotatable bonds is 3. The first-order chi connectivity index (χ1) is 10.3. The number of nitriles is 1. The Balaban J connectivity index is 1.90. The molecule has 3 heterocycles. The smallest absolute Gasteiger partial charge is 0.252 e. The average molecular weight is 281 g/mol. The molecule has 1 aliphatic rings. The zero-order valence-electron chi connectivity index (χ0n) is 11.8. The highest BCUT2D eigenvalue weighted by atomic mass is 16.1. The third-order valence-corrected chi connectivity index (χ3v) is 3.89. The second kappa shape index (κ2) is 6.06. The maximum atomic E-state index is 12.1. The molecule has 3 rings (SSSR count). The molecule has 1 saturated heterocycles. The Morgan fingerprint density at radius 1 is 1.14 bits per heavy atom. The average Bonchev–Trinajstić information content (AvgIpc) is 2.54. The molecular formula is C16H17N4O. The largest absolute Gasteiger partial charge is 0.302 e. The minimum Gasteiger partial charge on any atom is -0.302 e. The maximum Gasteiger partial charge on any atom is 0.252 e. The van der Waals surface area contributed by atoms with Crippen molar-refractivity contribution in [1.82, 2.24) is 14.5 Å². The van der Waals surface area contributed by atoms with Crippen molar-refractivity contribution < 1.29 is 0 Å². The standard InChI is InChI=1S/C16H17N4O/c17-12-14-6-4-13-5-7-15(21)20(16(13)18-14)11-10-19-8-2-1-3-9-19/h1,4-7H,2-3,8-11H2. The van der Waals surface area contributed by atoms with E-state index in [4.69, 9.17) is 5.26 Å². The van der Waals surface area contributed by atoms with Gasteiger partial charge in [-0.2, -0.15) is 5.26 Å². The van der Waals surface area contributed by atoms with Crippen molar-refractivity contribution >= 4 is 11.0 Å². The molecule has 5 heteroatoms. The highest BCUT2D eigenvalue weighted by molar-refractivity contribution is 5.75. The highest BCUT2D eigenvalue weighted by Crippen LogP contribution is 2.11. The summed E-state index contributed by atoms with van der Waals surface area (Å²) >= 11 is 0. The molecule has 0 saturated carbocycles. The molecule has 2 aromatic heterocycles. The molecule has 0 atom stereocenters. The Hall–Kier alpha value is -2.19. The molecule has 0 aliphatic carbocycles. The van der Waals surface area contributed by atoms with Gasteiger partial charge in [0.2, 0.25) is 0 Å². The van der Waals surface area contributed by atoms with Gasteiger partial charge in [0.25, 0.3) is 5.56 Å². The van der Waals surface area contributed by atoms with Crippen LogP contribution in [0.5, 0.6) is 0 Å². The molecule has 107 valence electrons. The molecule has 0 amide bonds. The lowest BCUT2D eigenvalue weighted by Crippen LogP contribution is -2.35. The molecule has 5 nitrogen and oxygen atoms in total. The lowest BCUT2D eigenvalue weighted by Gasteiger charge is -2.26. The van der Waals surface area contributed by atoms with Gasteiger partial charge < -0.3 is 4.90 Å². The maximum absolute atomic E-state index is 12.1. The number of nitrogens with zero attached hydrogens (tertiary/aromatic N) is 4. The fraction of sp³-hybridized carbons (Fsp3) is 0.375. The molecule has 1 radical (unpaired) electrons. The van der Waals surface area contributed by atoms with Crippen molar-refractivity contribution in [3.63, 3.8) is 0 Å². The van der Waals surface area contributed by atoms with Gasteiger partial charge in [-0.15, -0.1) is 0 Å². The van der Waals surface area contributed by atoms with E-state index in [1.165, 1.54) is 0 Å². The first-order valence-corrected chi connectivity index (χ1v) is 7.22. The molecule has 1 aliphatic heterocycles. The van der Waals surface area contributed by atoms with Crippen molar-refractivity contribution in [3.05, 3.63) is 46.7 Å². The minimum atomic E-state index is -0.0614. The molecule has 0 N–H and O–H groups in total. The van der Waals surface area contributed by atoms with Crippen molar-refractivity contribution in [2.24, 2.45) is 0 Å². The zero-order chi connectivity index (χ0) is 14.7. The van der Waals surface area contributed by atoms with Crippen LogP contribution in [0.25, 0.3) is 11.0 Å². The van der Waals surface area contributed by atoms with Gasteiger partial charge in [0.1, 0.15) is 17.4 Å². The summed E-state index contributed by atoms with van der Waals surface area (Å²) in [4.78, 5) is 18.8. The minimum absolute atomic E-state index is 0.0614. The Kier molecular flexibility index (Phi) is 3.98. The van der Waals surface area contributed by atoms with Crippen molar-refractivity contribution in [2.45, 2.75) is 19.4 Å². The van der Waals surface area contributed by atoms with E-state index in [0.29, 0.717) is 17.9 Å². The molecule has 0 unspecified atom stereocenters. The van der Waals surface area contributed by atoms with E-state index in [0.717, 1.165) is 37.9 Å². The van der Waals surface area contributed by atoms with E-state index < -0.39 is 0 Å². The second-order valence-electron chi connectivity index (χ2n) is 5.25. The van der Waals surface area contributed by atoms with Gasteiger partial charge >= 0.3 is 0 Å². The van der Waals surface area contributed by atoms with E-state index in [2.05, 4.69) is 16.3 Å². The summed E-state index contributed by atoms with van der Waals surface area (Å²) in [6.07, 6.45) is 4.53. The summed E-state index contributed by atoms with van der Waals surface area (Å²) in [5.74, 6) is 0. The monoisotopic (exact) mass is 281 g/mol. The van der Waals surface area contributed by atoms with Gasteiger partial charge in [-0.1, -0.05) is 0 Å². The molecule has 21 heavy (non-hydrogen) atoms. The fourth-order valence-electron chi connectivity index (χ4n) is 2.71. The van der Waals surface area contributed by atoms with E-state index in [1.54, 1.807) is 22.8 Å². The van der Waals surface area contributed by atoms with Crippen molar-refractivity contribution in [2.75, 3.05) is 19.6 Å². The summed E-state index contributed by atoms with van der Waals surface area (Å²) in [5.41, 5.74) is 0.883. The summed E-state index contributed by atoms with van der Waals surface area (Å²) in [6, 6.07) is 8.88. The van der Waals surface area contributed by atoms with Crippen LogP contribution < -0.4 is 5.56 Å². The summed E-state index contributed by atoms with van der Waals surface area (Å²) in [5, 5.41) is 9.87. The first kappa shape index (κ1) is 13.8. The molecule has 2 aromatic rings. The lowest BCUT2D eigenvalue weighted by atomic mass is 10.1. The summed E-state index contributed by atoms with van der Waals surface area (Å²) < 4.78 is 1.68. The summed E-state index contributed by atoms with van der Waals surface area (Å²) in [7, 11) is 0. The van der Waals surface area contributed by atoms with Crippen LogP contribution >= 0.6 is 0 Å². The number of piperidine rings is 1. The number of hydrogen-bond acceptors (Lipinski definition) is 4. The number of hydrogen-bond donors (Lipinski definition) is 0. The molecular weight excluding hydrogens is 264 g/mol. The van der Waals surface area contributed by atoms with Crippen molar-refractivity contribution in [1.29, 1.82) is 5.26 Å². The van der Waals surface area contributed by atoms with Crippen LogP contribution in [0, 0.1) is 17.8 Å². The van der Waals surface area contributed by atoms with Gasteiger partial charge in [0, 0.05) is 24.5 Å². The lowest BCUT2D eigenvalue weighted by molar-refractivity contribution is 0.244. The van der Waals surface area contributed by atoms with Crippen LogP contribution in [0.2, 0.25) is 0 Å². The SMILES string of the molecule is N#Cc1ccc2ccc(=O)n(CCN3CC[CH]CC3)c2n1. The summed E-state index contributed by atoms with van der Waals surface area (Å²) in [6.45, 7) is 3.55. The zero-order valence-corrected chi connectivity index (χ0v) is 11.8. The number of likely N-dealkylation sites (tertiary alicyclic amines) is 1.